The summed E-state index contributed by atoms with van der Waals surface area (Å²) in [5.41, 5.74) is 1.16. The van der Waals surface area contributed by atoms with Gasteiger partial charge in [-0.2, -0.15) is 0 Å². The maximum atomic E-state index is 10.1. The Bertz CT molecular complexity index is 402. The first kappa shape index (κ1) is 15.8. The summed E-state index contributed by atoms with van der Waals surface area (Å²) in [5, 5.41) is 10.1. The van der Waals surface area contributed by atoms with Crippen molar-refractivity contribution in [1.29, 1.82) is 0 Å². The van der Waals surface area contributed by atoms with Crippen LogP contribution in [0.1, 0.15) is 32.8 Å². The third-order valence-corrected chi connectivity index (χ3v) is 3.09. The van der Waals surface area contributed by atoms with Gasteiger partial charge in [0.1, 0.15) is 0 Å². The van der Waals surface area contributed by atoms with E-state index in [2.05, 4.69) is 11.8 Å². The van der Waals surface area contributed by atoms with Crippen LogP contribution in [0.25, 0.3) is 0 Å². The quantitative estimate of drug-likeness (QED) is 0.796. The van der Waals surface area contributed by atoms with Crippen LogP contribution in [0.4, 0.5) is 0 Å². The van der Waals surface area contributed by atoms with Crippen LogP contribution in [-0.4, -0.2) is 17.8 Å². The molecule has 2 heteroatoms. The number of ether oxygens (including phenoxy) is 1. The summed E-state index contributed by atoms with van der Waals surface area (Å²) in [7, 11) is 0. The molecule has 0 spiro atoms. The topological polar surface area (TPSA) is 29.5 Å². The summed E-state index contributed by atoms with van der Waals surface area (Å²) in [6, 6.07) is 10.1. The highest BCUT2D eigenvalue weighted by Crippen LogP contribution is 2.13. The maximum Gasteiger partial charge on any atom is 0.0722 e. The van der Waals surface area contributed by atoms with Gasteiger partial charge in [0, 0.05) is 18.3 Å². The van der Waals surface area contributed by atoms with Crippen molar-refractivity contribution in [2.75, 3.05) is 6.61 Å². The van der Waals surface area contributed by atoms with Crippen LogP contribution in [-0.2, 0) is 11.3 Å². The Morgan fingerprint density at radius 1 is 1.21 bits per heavy atom. The Kier molecular flexibility index (Phi) is 7.25. The van der Waals surface area contributed by atoms with E-state index < -0.39 is 6.10 Å². The minimum absolute atomic E-state index is 0.00437. The molecule has 0 bridgehead atoms. The Morgan fingerprint density at radius 2 is 1.89 bits per heavy atom. The Labute approximate surface area is 116 Å². The standard InChI is InChI=1S/C17H24O2/c1-4-5-9-14(2)17(18)15(3)12-19-13-16-10-7-6-8-11-16/h6-8,10-11,14-15,17-18H,4,12-13H2,1-3H3/t14-,15+,17+/m0/s1. The summed E-state index contributed by atoms with van der Waals surface area (Å²) in [6.45, 7) is 7.11. The number of aliphatic hydroxyl groups is 1. The molecule has 0 amide bonds. The second-order valence-electron chi connectivity index (χ2n) is 4.93. The molecule has 1 rings (SSSR count). The lowest BCUT2D eigenvalue weighted by atomic mass is 9.94. The van der Waals surface area contributed by atoms with Gasteiger partial charge in [-0.25, -0.2) is 0 Å². The van der Waals surface area contributed by atoms with Crippen molar-refractivity contribution in [3.63, 3.8) is 0 Å². The molecule has 1 aromatic rings. The van der Waals surface area contributed by atoms with Crippen molar-refractivity contribution in [1.82, 2.24) is 0 Å². The first-order valence-electron chi connectivity index (χ1n) is 6.93. The van der Waals surface area contributed by atoms with Crippen LogP contribution in [0.2, 0.25) is 0 Å². The highest BCUT2D eigenvalue weighted by atomic mass is 16.5. The molecule has 0 unspecified atom stereocenters. The zero-order chi connectivity index (χ0) is 14.1. The fraction of sp³-hybridized carbons (Fsp3) is 0.529. The van der Waals surface area contributed by atoms with Crippen molar-refractivity contribution in [3.05, 3.63) is 35.9 Å². The second kappa shape index (κ2) is 8.74. The van der Waals surface area contributed by atoms with Gasteiger partial charge in [-0.3, -0.25) is 0 Å². The molecule has 0 heterocycles. The fourth-order valence-corrected chi connectivity index (χ4v) is 1.88. The molecule has 0 saturated heterocycles. The molecule has 0 saturated carbocycles. The van der Waals surface area contributed by atoms with E-state index in [0.717, 1.165) is 12.0 Å². The summed E-state index contributed by atoms with van der Waals surface area (Å²) in [4.78, 5) is 0. The van der Waals surface area contributed by atoms with Crippen LogP contribution in [0.5, 0.6) is 0 Å². The van der Waals surface area contributed by atoms with E-state index in [4.69, 9.17) is 4.74 Å². The van der Waals surface area contributed by atoms with Gasteiger partial charge in [-0.1, -0.05) is 50.1 Å². The molecule has 1 N–H and O–H groups in total. The fourth-order valence-electron chi connectivity index (χ4n) is 1.88. The van der Waals surface area contributed by atoms with E-state index in [9.17, 15) is 5.11 Å². The molecule has 104 valence electrons. The molecule has 0 fully saturated rings. The predicted molar refractivity (Wildman–Crippen MR) is 78.5 cm³/mol. The van der Waals surface area contributed by atoms with Gasteiger partial charge in [0.2, 0.25) is 0 Å². The van der Waals surface area contributed by atoms with Gasteiger partial charge in [0.25, 0.3) is 0 Å². The summed E-state index contributed by atoms with van der Waals surface area (Å²) < 4.78 is 5.65. The Hall–Kier alpha value is -1.30. The van der Waals surface area contributed by atoms with Gasteiger partial charge in [-0.15, -0.1) is 5.92 Å². The predicted octanol–water partition coefficient (Wildman–Crippen LogP) is 3.25. The van der Waals surface area contributed by atoms with Crippen molar-refractivity contribution >= 4 is 0 Å². The maximum absolute atomic E-state index is 10.1. The Balaban J connectivity index is 2.32. The molecule has 3 atom stereocenters. The highest BCUT2D eigenvalue weighted by molar-refractivity contribution is 5.13. The number of aliphatic hydroxyl groups excluding tert-OH is 1. The lowest BCUT2D eigenvalue weighted by molar-refractivity contribution is 0.0150. The van der Waals surface area contributed by atoms with Gasteiger partial charge in [0.15, 0.2) is 0 Å². The molecule has 0 aliphatic carbocycles. The highest BCUT2D eigenvalue weighted by Gasteiger charge is 2.19. The van der Waals surface area contributed by atoms with E-state index in [1.165, 1.54) is 0 Å². The Morgan fingerprint density at radius 3 is 2.53 bits per heavy atom. The first-order chi connectivity index (χ1) is 9.15. The van der Waals surface area contributed by atoms with E-state index in [1.54, 1.807) is 0 Å². The molecule has 1 aromatic carbocycles. The van der Waals surface area contributed by atoms with Gasteiger partial charge < -0.3 is 9.84 Å². The number of rotatable bonds is 6. The molecular weight excluding hydrogens is 236 g/mol. The molecule has 0 radical (unpaired) electrons. The van der Waals surface area contributed by atoms with E-state index >= 15 is 0 Å². The number of hydrogen-bond donors (Lipinski definition) is 1. The zero-order valence-electron chi connectivity index (χ0n) is 12.1. The summed E-state index contributed by atoms with van der Waals surface area (Å²) in [6.07, 6.45) is 0.394. The molecule has 0 aliphatic heterocycles. The average Bonchev–Trinajstić information content (AvgIpc) is 2.44. The van der Waals surface area contributed by atoms with Crippen LogP contribution in [0, 0.1) is 23.7 Å². The summed E-state index contributed by atoms with van der Waals surface area (Å²) >= 11 is 0. The van der Waals surface area contributed by atoms with Gasteiger partial charge in [0.05, 0.1) is 19.3 Å². The third-order valence-electron chi connectivity index (χ3n) is 3.09. The van der Waals surface area contributed by atoms with Gasteiger partial charge in [-0.05, 0) is 12.5 Å². The molecular formula is C17H24O2. The SMILES string of the molecule is CCC#C[C@H](C)[C@@H](O)[C@H](C)COCc1ccccc1. The second-order valence-corrected chi connectivity index (χ2v) is 4.93. The summed E-state index contributed by atoms with van der Waals surface area (Å²) in [5.74, 6) is 6.16. The molecule has 0 aromatic heterocycles. The minimum atomic E-state index is -0.435. The van der Waals surface area contributed by atoms with Crippen LogP contribution >= 0.6 is 0 Å². The van der Waals surface area contributed by atoms with Gasteiger partial charge >= 0.3 is 0 Å². The van der Waals surface area contributed by atoms with E-state index in [0.29, 0.717) is 13.2 Å². The zero-order valence-corrected chi connectivity index (χ0v) is 12.1. The van der Waals surface area contributed by atoms with Crippen molar-refractivity contribution in [2.24, 2.45) is 11.8 Å². The van der Waals surface area contributed by atoms with Crippen molar-refractivity contribution in [2.45, 2.75) is 39.9 Å². The van der Waals surface area contributed by atoms with Crippen LogP contribution < -0.4 is 0 Å². The average molecular weight is 260 g/mol. The number of hydrogen-bond acceptors (Lipinski definition) is 2. The largest absolute Gasteiger partial charge is 0.391 e. The minimum Gasteiger partial charge on any atom is -0.391 e. The van der Waals surface area contributed by atoms with Crippen LogP contribution in [0.3, 0.4) is 0 Å². The molecule has 2 nitrogen and oxygen atoms in total. The molecule has 19 heavy (non-hydrogen) atoms. The van der Waals surface area contributed by atoms with Crippen molar-refractivity contribution < 1.29 is 9.84 Å². The monoisotopic (exact) mass is 260 g/mol. The number of benzene rings is 1. The smallest absolute Gasteiger partial charge is 0.0722 e. The third kappa shape index (κ3) is 5.92. The normalized spacial score (nSPS) is 15.2. The lowest BCUT2D eigenvalue weighted by Crippen LogP contribution is -2.28. The van der Waals surface area contributed by atoms with E-state index in [1.807, 2.05) is 51.1 Å². The lowest BCUT2D eigenvalue weighted by Gasteiger charge is -2.21. The van der Waals surface area contributed by atoms with E-state index in [-0.39, 0.29) is 11.8 Å². The van der Waals surface area contributed by atoms with Crippen molar-refractivity contribution in [3.8, 4) is 11.8 Å². The molecule has 0 aliphatic rings. The van der Waals surface area contributed by atoms with Crippen LogP contribution in [0.15, 0.2) is 30.3 Å². The first-order valence-corrected chi connectivity index (χ1v) is 6.93.